The van der Waals surface area contributed by atoms with Crippen LogP contribution in [0.3, 0.4) is 0 Å². The zero-order valence-electron chi connectivity index (χ0n) is 15.8. The summed E-state index contributed by atoms with van der Waals surface area (Å²) in [5, 5.41) is 9.21. The molecular weight excluding hydrogens is 479 g/mol. The molecule has 3 N–H and O–H groups in total. The number of nitrogens with one attached hydrogen (secondary N) is 3. The van der Waals surface area contributed by atoms with Gasteiger partial charge in [0, 0.05) is 31.7 Å². The van der Waals surface area contributed by atoms with Crippen molar-refractivity contribution in [2.45, 2.75) is 38.8 Å². The second-order valence-electron chi connectivity index (χ2n) is 6.48. The van der Waals surface area contributed by atoms with Gasteiger partial charge in [-0.05, 0) is 30.5 Å². The van der Waals surface area contributed by atoms with Gasteiger partial charge in [-0.3, -0.25) is 9.79 Å². The van der Waals surface area contributed by atoms with Crippen molar-refractivity contribution in [2.75, 3.05) is 25.1 Å². The van der Waals surface area contributed by atoms with Crippen molar-refractivity contribution in [3.63, 3.8) is 0 Å². The Morgan fingerprint density at radius 3 is 2.48 bits per heavy atom. The van der Waals surface area contributed by atoms with E-state index in [9.17, 15) is 13.2 Å². The van der Waals surface area contributed by atoms with E-state index < -0.39 is 9.84 Å². The molecule has 27 heavy (non-hydrogen) atoms. The summed E-state index contributed by atoms with van der Waals surface area (Å²) in [7, 11) is -1.27. The molecule has 1 aliphatic heterocycles. The number of sulfone groups is 1. The van der Waals surface area contributed by atoms with Crippen molar-refractivity contribution in [1.82, 2.24) is 16.0 Å². The van der Waals surface area contributed by atoms with E-state index in [1.165, 1.54) is 0 Å². The predicted octanol–water partition coefficient (Wildman–Crippen LogP) is 1.69. The molecule has 0 radical (unpaired) electrons. The minimum atomic E-state index is -2.92. The number of hydrogen-bond donors (Lipinski definition) is 3. The minimum absolute atomic E-state index is 0. The second kappa shape index (κ2) is 11.5. The molecule has 0 spiro atoms. The number of hydrogen-bond acceptors (Lipinski definition) is 4. The van der Waals surface area contributed by atoms with Crippen LogP contribution in [-0.2, 0) is 16.4 Å². The predicted molar refractivity (Wildman–Crippen MR) is 119 cm³/mol. The van der Waals surface area contributed by atoms with Crippen LogP contribution in [0.4, 0.5) is 0 Å². The summed E-state index contributed by atoms with van der Waals surface area (Å²) in [4.78, 5) is 16.1. The molecule has 152 valence electrons. The molecule has 9 heteroatoms. The maximum Gasteiger partial charge on any atom is 0.251 e. The van der Waals surface area contributed by atoms with Crippen LogP contribution in [0.5, 0.6) is 0 Å². The Morgan fingerprint density at radius 1 is 1.22 bits per heavy atom. The van der Waals surface area contributed by atoms with Gasteiger partial charge in [-0.1, -0.05) is 25.5 Å². The van der Waals surface area contributed by atoms with Crippen molar-refractivity contribution in [1.29, 1.82) is 0 Å². The molecule has 1 atom stereocenters. The van der Waals surface area contributed by atoms with Crippen molar-refractivity contribution in [3.05, 3.63) is 35.4 Å². The highest BCUT2D eigenvalue weighted by atomic mass is 127. The summed E-state index contributed by atoms with van der Waals surface area (Å²) in [6.45, 7) is 3.32. The van der Waals surface area contributed by atoms with Crippen LogP contribution in [0.1, 0.15) is 42.1 Å². The van der Waals surface area contributed by atoms with Crippen LogP contribution in [0.25, 0.3) is 0 Å². The summed E-state index contributed by atoms with van der Waals surface area (Å²) < 4.78 is 23.1. The van der Waals surface area contributed by atoms with Gasteiger partial charge in [0.2, 0.25) is 0 Å². The lowest BCUT2D eigenvalue weighted by atomic mass is 10.1. The number of rotatable bonds is 7. The fourth-order valence-corrected chi connectivity index (χ4v) is 4.41. The quantitative estimate of drug-likeness (QED) is 0.225. The van der Waals surface area contributed by atoms with Gasteiger partial charge >= 0.3 is 0 Å². The first-order valence-corrected chi connectivity index (χ1v) is 10.8. The van der Waals surface area contributed by atoms with Gasteiger partial charge in [0.15, 0.2) is 15.8 Å². The van der Waals surface area contributed by atoms with E-state index in [0.29, 0.717) is 31.0 Å². The molecule has 1 fully saturated rings. The van der Waals surface area contributed by atoms with E-state index in [0.717, 1.165) is 18.4 Å². The van der Waals surface area contributed by atoms with E-state index in [2.05, 4.69) is 27.9 Å². The monoisotopic (exact) mass is 508 g/mol. The third-order valence-corrected chi connectivity index (χ3v) is 6.06. The van der Waals surface area contributed by atoms with Crippen LogP contribution < -0.4 is 16.0 Å². The molecule has 1 saturated heterocycles. The molecular formula is C18H29IN4O3S. The molecule has 1 aromatic carbocycles. The Morgan fingerprint density at radius 2 is 1.93 bits per heavy atom. The highest BCUT2D eigenvalue weighted by molar-refractivity contribution is 14.0. The van der Waals surface area contributed by atoms with Gasteiger partial charge in [-0.15, -0.1) is 24.0 Å². The third-order valence-electron chi connectivity index (χ3n) is 4.29. The lowest BCUT2D eigenvalue weighted by Crippen LogP contribution is -2.43. The first-order valence-electron chi connectivity index (χ1n) is 8.98. The van der Waals surface area contributed by atoms with E-state index in [-0.39, 0.29) is 47.4 Å². The molecule has 0 bridgehead atoms. The average molecular weight is 508 g/mol. The van der Waals surface area contributed by atoms with Gasteiger partial charge in [-0.25, -0.2) is 8.42 Å². The van der Waals surface area contributed by atoms with Crippen LogP contribution >= 0.6 is 24.0 Å². The van der Waals surface area contributed by atoms with Crippen LogP contribution in [0.15, 0.2) is 29.3 Å². The molecule has 1 aliphatic rings. The SMILES string of the molecule is CCCCNC(=O)c1ccc(CNC(=NC)NC2CCS(=O)(=O)C2)cc1.I. The van der Waals surface area contributed by atoms with Crippen molar-refractivity contribution < 1.29 is 13.2 Å². The molecule has 1 amide bonds. The molecule has 1 aromatic rings. The van der Waals surface area contributed by atoms with E-state index in [4.69, 9.17) is 0 Å². The number of aliphatic imine (C=N–C) groups is 1. The highest BCUT2D eigenvalue weighted by Gasteiger charge is 2.28. The second-order valence-corrected chi connectivity index (χ2v) is 8.71. The van der Waals surface area contributed by atoms with Gasteiger partial charge < -0.3 is 16.0 Å². The maximum absolute atomic E-state index is 12.0. The Kier molecular flexibility index (Phi) is 10.1. The van der Waals surface area contributed by atoms with Crippen molar-refractivity contribution in [2.24, 2.45) is 4.99 Å². The van der Waals surface area contributed by atoms with Crippen molar-refractivity contribution in [3.8, 4) is 0 Å². The fraction of sp³-hybridized carbons (Fsp3) is 0.556. The number of carbonyl (C=O) groups is 1. The summed E-state index contributed by atoms with van der Waals surface area (Å²) >= 11 is 0. The molecule has 0 saturated carbocycles. The third kappa shape index (κ3) is 8.04. The molecule has 7 nitrogen and oxygen atoms in total. The van der Waals surface area contributed by atoms with Crippen molar-refractivity contribution >= 4 is 45.7 Å². The summed E-state index contributed by atoms with van der Waals surface area (Å²) in [6, 6.07) is 7.31. The van der Waals surface area contributed by atoms with E-state index >= 15 is 0 Å². The molecule has 0 aromatic heterocycles. The Bertz CT molecular complexity index is 735. The lowest BCUT2D eigenvalue weighted by Gasteiger charge is -2.16. The Balaban J connectivity index is 0.00000364. The number of guanidine groups is 1. The topological polar surface area (TPSA) is 99.7 Å². The number of unbranched alkanes of at least 4 members (excludes halogenated alkanes) is 1. The summed E-state index contributed by atoms with van der Waals surface area (Å²) in [6.07, 6.45) is 2.63. The number of carbonyl (C=O) groups excluding carboxylic acids is 1. The zero-order valence-corrected chi connectivity index (χ0v) is 19.0. The van der Waals surface area contributed by atoms with Crippen LogP contribution in [0, 0.1) is 0 Å². The van der Waals surface area contributed by atoms with E-state index in [1.54, 1.807) is 19.2 Å². The standard InChI is InChI=1S/C18H28N4O3S.HI/c1-3-4-10-20-17(23)15-7-5-14(6-8-15)12-21-18(19-2)22-16-9-11-26(24,25)13-16;/h5-8,16H,3-4,9-13H2,1-2H3,(H,20,23)(H2,19,21,22);1H. The number of amides is 1. The number of halogens is 1. The smallest absolute Gasteiger partial charge is 0.251 e. The largest absolute Gasteiger partial charge is 0.353 e. The summed E-state index contributed by atoms with van der Waals surface area (Å²) in [5.74, 6) is 0.894. The first-order chi connectivity index (χ1) is 12.4. The van der Waals surface area contributed by atoms with E-state index in [1.807, 2.05) is 12.1 Å². The zero-order chi connectivity index (χ0) is 19.0. The van der Waals surface area contributed by atoms with Crippen LogP contribution in [-0.4, -0.2) is 51.4 Å². The Hall–Kier alpha value is -1.36. The molecule has 1 heterocycles. The van der Waals surface area contributed by atoms with Gasteiger partial charge in [-0.2, -0.15) is 0 Å². The lowest BCUT2D eigenvalue weighted by molar-refractivity contribution is 0.0953. The first kappa shape index (κ1) is 23.7. The van der Waals surface area contributed by atoms with Gasteiger partial charge in [0.05, 0.1) is 11.5 Å². The number of benzene rings is 1. The molecule has 2 rings (SSSR count). The minimum Gasteiger partial charge on any atom is -0.353 e. The normalized spacial score (nSPS) is 18.4. The average Bonchev–Trinajstić information content (AvgIpc) is 2.97. The van der Waals surface area contributed by atoms with Gasteiger partial charge in [0.1, 0.15) is 0 Å². The maximum atomic E-state index is 12.0. The summed E-state index contributed by atoms with van der Waals surface area (Å²) in [5.41, 5.74) is 1.65. The highest BCUT2D eigenvalue weighted by Crippen LogP contribution is 2.11. The molecule has 1 unspecified atom stereocenters. The molecule has 0 aliphatic carbocycles. The van der Waals surface area contributed by atoms with Gasteiger partial charge in [0.25, 0.3) is 5.91 Å². The number of nitrogens with zero attached hydrogens (tertiary/aromatic N) is 1. The Labute approximate surface area is 178 Å². The van der Waals surface area contributed by atoms with Crippen LogP contribution in [0.2, 0.25) is 0 Å². The fourth-order valence-electron chi connectivity index (χ4n) is 2.74.